The van der Waals surface area contributed by atoms with Crippen molar-refractivity contribution in [2.45, 2.75) is 19.4 Å². The maximum Gasteiger partial charge on any atom is 0.0484 e. The van der Waals surface area contributed by atoms with Crippen LogP contribution in [0.4, 0.5) is 0 Å². The van der Waals surface area contributed by atoms with Crippen LogP contribution >= 0.6 is 11.6 Å². The van der Waals surface area contributed by atoms with Crippen LogP contribution in [0, 0.1) is 0 Å². The van der Waals surface area contributed by atoms with Gasteiger partial charge in [-0.15, -0.1) is 0 Å². The summed E-state index contributed by atoms with van der Waals surface area (Å²) < 4.78 is 0. The minimum Gasteiger partial charge on any atom is -0.324 e. The van der Waals surface area contributed by atoms with Crippen molar-refractivity contribution < 1.29 is 0 Å². The zero-order chi connectivity index (χ0) is 14.8. The van der Waals surface area contributed by atoms with Gasteiger partial charge in [-0.2, -0.15) is 0 Å². The van der Waals surface area contributed by atoms with E-state index in [0.717, 1.165) is 16.8 Å². The average molecular weight is 296 g/mol. The van der Waals surface area contributed by atoms with Crippen molar-refractivity contribution in [2.24, 2.45) is 5.73 Å². The third kappa shape index (κ3) is 2.67. The van der Waals surface area contributed by atoms with Crippen molar-refractivity contribution in [1.29, 1.82) is 0 Å². The molecular weight excluding hydrogens is 278 g/mol. The Morgan fingerprint density at radius 1 is 0.905 bits per heavy atom. The van der Waals surface area contributed by atoms with Crippen LogP contribution in [-0.4, -0.2) is 0 Å². The Hall–Kier alpha value is -1.83. The van der Waals surface area contributed by atoms with Crippen molar-refractivity contribution in [3.63, 3.8) is 0 Å². The van der Waals surface area contributed by atoms with Gasteiger partial charge in [0.2, 0.25) is 0 Å². The predicted octanol–water partition coefficient (Wildman–Crippen LogP) is 5.57. The summed E-state index contributed by atoms with van der Waals surface area (Å²) in [6, 6.07) is 20.9. The monoisotopic (exact) mass is 295 g/mol. The SMILES string of the molecule is CCC(N)c1ccc(-c2ccc(Cl)c3ccccc23)cc1. The lowest BCUT2D eigenvalue weighted by Crippen LogP contribution is -2.08. The molecule has 0 aliphatic carbocycles. The number of benzene rings is 3. The van der Waals surface area contributed by atoms with Gasteiger partial charge in [0.1, 0.15) is 0 Å². The minimum atomic E-state index is 0.112. The van der Waals surface area contributed by atoms with Gasteiger partial charge in [-0.3, -0.25) is 0 Å². The highest BCUT2D eigenvalue weighted by atomic mass is 35.5. The zero-order valence-corrected chi connectivity index (χ0v) is 12.8. The summed E-state index contributed by atoms with van der Waals surface area (Å²) >= 11 is 6.29. The van der Waals surface area contributed by atoms with Crippen LogP contribution in [0.25, 0.3) is 21.9 Å². The highest BCUT2D eigenvalue weighted by Gasteiger charge is 2.08. The summed E-state index contributed by atoms with van der Waals surface area (Å²) in [5.41, 5.74) is 9.65. The maximum absolute atomic E-state index is 6.29. The number of halogens is 1. The van der Waals surface area contributed by atoms with Crippen molar-refractivity contribution in [3.8, 4) is 11.1 Å². The lowest BCUT2D eigenvalue weighted by Gasteiger charge is -2.12. The fourth-order valence-electron chi connectivity index (χ4n) is 2.66. The number of hydrogen-bond acceptors (Lipinski definition) is 1. The lowest BCUT2D eigenvalue weighted by molar-refractivity contribution is 0.699. The summed E-state index contributed by atoms with van der Waals surface area (Å²) in [4.78, 5) is 0. The smallest absolute Gasteiger partial charge is 0.0484 e. The van der Waals surface area contributed by atoms with Crippen LogP contribution in [0.5, 0.6) is 0 Å². The fraction of sp³-hybridized carbons (Fsp3) is 0.158. The van der Waals surface area contributed by atoms with Gasteiger partial charge < -0.3 is 5.73 Å². The molecule has 3 aromatic rings. The Bertz CT molecular complexity index is 762. The largest absolute Gasteiger partial charge is 0.324 e. The Labute approximate surface area is 130 Å². The molecular formula is C19H18ClN. The van der Waals surface area contributed by atoms with Gasteiger partial charge in [-0.25, -0.2) is 0 Å². The van der Waals surface area contributed by atoms with Crippen LogP contribution < -0.4 is 5.73 Å². The molecule has 1 nitrogen and oxygen atoms in total. The molecule has 21 heavy (non-hydrogen) atoms. The van der Waals surface area contributed by atoms with Crippen LogP contribution in [-0.2, 0) is 0 Å². The van der Waals surface area contributed by atoms with E-state index in [1.54, 1.807) is 0 Å². The lowest BCUT2D eigenvalue weighted by atomic mass is 9.96. The molecule has 0 saturated carbocycles. The molecule has 0 heterocycles. The molecule has 106 valence electrons. The van der Waals surface area contributed by atoms with Crippen LogP contribution in [0.1, 0.15) is 24.9 Å². The first-order chi connectivity index (χ1) is 10.2. The summed E-state index contributed by atoms with van der Waals surface area (Å²) in [6.45, 7) is 2.10. The van der Waals surface area contributed by atoms with E-state index in [4.69, 9.17) is 17.3 Å². The van der Waals surface area contributed by atoms with E-state index in [1.807, 2.05) is 18.2 Å². The van der Waals surface area contributed by atoms with E-state index in [1.165, 1.54) is 22.1 Å². The highest BCUT2D eigenvalue weighted by molar-refractivity contribution is 6.36. The zero-order valence-electron chi connectivity index (χ0n) is 12.0. The third-order valence-corrected chi connectivity index (χ3v) is 4.29. The molecule has 3 rings (SSSR count). The normalized spacial score (nSPS) is 12.5. The number of rotatable bonds is 3. The van der Waals surface area contributed by atoms with Crippen molar-refractivity contribution in [2.75, 3.05) is 0 Å². The first-order valence-electron chi connectivity index (χ1n) is 7.24. The second-order valence-corrected chi connectivity index (χ2v) is 5.68. The Balaban J connectivity index is 2.11. The molecule has 0 radical (unpaired) electrons. The molecule has 0 amide bonds. The van der Waals surface area contributed by atoms with Crippen molar-refractivity contribution in [3.05, 3.63) is 71.2 Å². The molecule has 2 heteroatoms. The van der Waals surface area contributed by atoms with E-state index < -0.39 is 0 Å². The second kappa shape index (κ2) is 5.88. The molecule has 0 saturated heterocycles. The van der Waals surface area contributed by atoms with Gasteiger partial charge in [-0.1, -0.05) is 73.1 Å². The average Bonchev–Trinajstić information content (AvgIpc) is 2.55. The number of hydrogen-bond donors (Lipinski definition) is 1. The van der Waals surface area contributed by atoms with Crippen molar-refractivity contribution in [1.82, 2.24) is 0 Å². The van der Waals surface area contributed by atoms with E-state index in [9.17, 15) is 0 Å². The molecule has 0 aliphatic heterocycles. The van der Waals surface area contributed by atoms with Gasteiger partial charge in [0.25, 0.3) is 0 Å². The van der Waals surface area contributed by atoms with Crippen molar-refractivity contribution >= 4 is 22.4 Å². The molecule has 1 atom stereocenters. The van der Waals surface area contributed by atoms with Gasteiger partial charge in [-0.05, 0) is 34.6 Å². The summed E-state index contributed by atoms with van der Waals surface area (Å²) in [5, 5.41) is 3.06. The topological polar surface area (TPSA) is 26.0 Å². The summed E-state index contributed by atoms with van der Waals surface area (Å²) in [6.07, 6.45) is 0.948. The minimum absolute atomic E-state index is 0.112. The molecule has 0 aromatic heterocycles. The Morgan fingerprint density at radius 3 is 2.24 bits per heavy atom. The summed E-state index contributed by atoms with van der Waals surface area (Å²) in [5.74, 6) is 0. The van der Waals surface area contributed by atoms with Crippen LogP contribution in [0.3, 0.4) is 0 Å². The molecule has 0 bridgehead atoms. The molecule has 2 N–H and O–H groups in total. The number of fused-ring (bicyclic) bond motifs is 1. The molecule has 0 fully saturated rings. The second-order valence-electron chi connectivity index (χ2n) is 5.28. The fourth-order valence-corrected chi connectivity index (χ4v) is 2.89. The maximum atomic E-state index is 6.29. The van der Waals surface area contributed by atoms with E-state index in [2.05, 4.69) is 49.4 Å². The molecule has 3 aromatic carbocycles. The standard InChI is InChI=1S/C19H18ClN/c1-2-19(21)14-9-7-13(8-10-14)15-11-12-18(20)17-6-4-3-5-16(15)17/h3-12,19H,2,21H2,1H3. The predicted molar refractivity (Wildman–Crippen MR) is 91.6 cm³/mol. The van der Waals surface area contributed by atoms with E-state index >= 15 is 0 Å². The molecule has 0 spiro atoms. The Morgan fingerprint density at radius 2 is 1.57 bits per heavy atom. The van der Waals surface area contributed by atoms with Gasteiger partial charge in [0, 0.05) is 16.5 Å². The van der Waals surface area contributed by atoms with Crippen LogP contribution in [0.15, 0.2) is 60.7 Å². The first-order valence-corrected chi connectivity index (χ1v) is 7.61. The molecule has 1 unspecified atom stereocenters. The van der Waals surface area contributed by atoms with Gasteiger partial charge in [0.15, 0.2) is 0 Å². The molecule has 0 aliphatic rings. The van der Waals surface area contributed by atoms with Gasteiger partial charge in [0.05, 0.1) is 0 Å². The van der Waals surface area contributed by atoms with Gasteiger partial charge >= 0.3 is 0 Å². The third-order valence-electron chi connectivity index (χ3n) is 3.96. The number of nitrogens with two attached hydrogens (primary N) is 1. The quantitative estimate of drug-likeness (QED) is 0.671. The van der Waals surface area contributed by atoms with E-state index in [0.29, 0.717) is 0 Å². The van der Waals surface area contributed by atoms with Crippen LogP contribution in [0.2, 0.25) is 5.02 Å². The van der Waals surface area contributed by atoms with E-state index in [-0.39, 0.29) is 6.04 Å². The first kappa shape index (κ1) is 14.1. The Kier molecular flexibility index (Phi) is 3.96. The summed E-state index contributed by atoms with van der Waals surface area (Å²) in [7, 11) is 0. The highest BCUT2D eigenvalue weighted by Crippen LogP contribution is 2.33.